The first-order chi connectivity index (χ1) is 15.4. The van der Waals surface area contributed by atoms with E-state index in [9.17, 15) is 14.2 Å². The zero-order chi connectivity index (χ0) is 23.3. The Morgan fingerprint density at radius 1 is 1.16 bits per heavy atom. The van der Waals surface area contributed by atoms with Gasteiger partial charge in [-0.1, -0.05) is 43.3 Å². The van der Waals surface area contributed by atoms with Gasteiger partial charge in [0.15, 0.2) is 0 Å². The lowest BCUT2D eigenvalue weighted by molar-refractivity contribution is -0.117. The van der Waals surface area contributed by atoms with Crippen molar-refractivity contribution in [1.82, 2.24) is 4.57 Å². The molecule has 7 nitrogen and oxygen atoms in total. The molecule has 1 heterocycles. The predicted octanol–water partition coefficient (Wildman–Crippen LogP) is 4.40. The number of primary amides is 1. The number of carbonyl (C=O) groups is 2. The van der Waals surface area contributed by atoms with Gasteiger partial charge in [-0.25, -0.2) is 0 Å². The lowest BCUT2D eigenvalue weighted by atomic mass is 10.0. The molecule has 0 radical (unpaired) electrons. The number of aromatic nitrogens is 1. The summed E-state index contributed by atoms with van der Waals surface area (Å²) in [6.45, 7) is 2.69. The molecular formula is C24H29N2O5P. The van der Waals surface area contributed by atoms with Crippen LogP contribution in [0, 0.1) is 0 Å². The molecule has 1 amide bonds. The summed E-state index contributed by atoms with van der Waals surface area (Å²) in [6, 6.07) is 15.7. The lowest BCUT2D eigenvalue weighted by Crippen LogP contribution is -2.15. The van der Waals surface area contributed by atoms with Crippen LogP contribution < -0.4 is 5.73 Å². The van der Waals surface area contributed by atoms with Crippen LogP contribution in [0.3, 0.4) is 0 Å². The number of fused-ring (bicyclic) bond motifs is 1. The maximum atomic E-state index is 13.1. The van der Waals surface area contributed by atoms with E-state index < -0.39 is 19.2 Å². The number of hydrogen-bond acceptors (Lipinski definition) is 5. The van der Waals surface area contributed by atoms with Crippen LogP contribution in [-0.2, 0) is 42.6 Å². The third-order valence-corrected chi connectivity index (χ3v) is 8.07. The first kappa shape index (κ1) is 23.9. The highest BCUT2D eigenvalue weighted by molar-refractivity contribution is 7.54. The molecule has 1 aromatic heterocycles. The van der Waals surface area contributed by atoms with E-state index in [1.54, 1.807) is 0 Å². The van der Waals surface area contributed by atoms with Gasteiger partial charge in [-0.15, -0.1) is 0 Å². The summed E-state index contributed by atoms with van der Waals surface area (Å²) in [6.07, 6.45) is 1.50. The molecule has 0 bridgehead atoms. The van der Waals surface area contributed by atoms with E-state index in [-0.39, 0.29) is 12.8 Å². The third kappa shape index (κ3) is 4.70. The maximum absolute atomic E-state index is 13.1. The van der Waals surface area contributed by atoms with E-state index in [4.69, 9.17) is 14.8 Å². The van der Waals surface area contributed by atoms with Gasteiger partial charge in [-0.2, -0.15) is 0 Å². The van der Waals surface area contributed by atoms with Crippen molar-refractivity contribution in [2.75, 3.05) is 14.2 Å². The highest BCUT2D eigenvalue weighted by Crippen LogP contribution is 2.61. The van der Waals surface area contributed by atoms with Crippen LogP contribution in [0.2, 0.25) is 0 Å². The van der Waals surface area contributed by atoms with Gasteiger partial charge >= 0.3 is 7.60 Å². The molecule has 0 aliphatic carbocycles. The predicted molar refractivity (Wildman–Crippen MR) is 125 cm³/mol. The molecular weight excluding hydrogens is 427 g/mol. The molecule has 0 saturated carbocycles. The van der Waals surface area contributed by atoms with Crippen LogP contribution in [-0.4, -0.2) is 31.0 Å². The minimum absolute atomic E-state index is 0.0129. The molecule has 8 heteroatoms. The monoisotopic (exact) mass is 456 g/mol. The number of hydrogen-bond donors (Lipinski definition) is 1. The molecule has 0 spiro atoms. The molecule has 3 aromatic rings. The Labute approximate surface area is 188 Å². The average molecular weight is 456 g/mol. The fourth-order valence-corrected chi connectivity index (χ4v) is 5.82. The molecule has 0 aliphatic rings. The van der Waals surface area contributed by atoms with Crippen molar-refractivity contribution in [3.05, 3.63) is 70.9 Å². The van der Waals surface area contributed by atoms with Crippen LogP contribution in [0.4, 0.5) is 0 Å². The Bertz CT molecular complexity index is 1150. The van der Waals surface area contributed by atoms with Gasteiger partial charge < -0.3 is 24.1 Å². The molecule has 1 unspecified atom stereocenters. The average Bonchev–Trinajstić information content (AvgIpc) is 3.08. The fourth-order valence-electron chi connectivity index (χ4n) is 4.29. The molecule has 1 atom stereocenters. The number of nitrogens with zero attached hydrogens (tertiary/aromatic N) is 1. The van der Waals surface area contributed by atoms with Gasteiger partial charge in [0.2, 0.25) is 5.91 Å². The van der Waals surface area contributed by atoms with Crippen molar-refractivity contribution in [3.63, 3.8) is 0 Å². The maximum Gasteiger partial charge on any atom is 0.337 e. The minimum Gasteiger partial charge on any atom is -0.369 e. The number of amides is 1. The minimum atomic E-state index is -3.55. The van der Waals surface area contributed by atoms with Gasteiger partial charge in [-0.3, -0.25) is 9.36 Å². The Morgan fingerprint density at radius 3 is 2.41 bits per heavy atom. The van der Waals surface area contributed by atoms with Crippen molar-refractivity contribution >= 4 is 30.7 Å². The van der Waals surface area contributed by atoms with Crippen LogP contribution in [0.1, 0.15) is 41.4 Å². The molecule has 2 N–H and O–H groups in total. The SMILES string of the molecule is CCc1c(CC(N)=O)c2cc(C(CC=O)P(=O)(OC)OC)ccc2n1Cc1ccccc1. The van der Waals surface area contributed by atoms with E-state index >= 15 is 0 Å². The van der Waals surface area contributed by atoms with Crippen molar-refractivity contribution in [2.24, 2.45) is 5.73 Å². The van der Waals surface area contributed by atoms with Crippen LogP contribution in [0.15, 0.2) is 48.5 Å². The van der Waals surface area contributed by atoms with Gasteiger partial charge in [0.25, 0.3) is 0 Å². The summed E-state index contributed by atoms with van der Waals surface area (Å²) >= 11 is 0. The summed E-state index contributed by atoms with van der Waals surface area (Å²) in [5.41, 5.74) is 9.44. The first-order valence-electron chi connectivity index (χ1n) is 10.5. The Morgan fingerprint density at radius 2 is 1.84 bits per heavy atom. The quantitative estimate of drug-likeness (QED) is 0.341. The Hall–Kier alpha value is -2.73. The summed E-state index contributed by atoms with van der Waals surface area (Å²) < 4.78 is 25.7. The zero-order valence-electron chi connectivity index (χ0n) is 18.6. The summed E-state index contributed by atoms with van der Waals surface area (Å²) in [5, 5.41) is 0.851. The molecule has 0 aliphatic heterocycles. The van der Waals surface area contributed by atoms with Crippen LogP contribution >= 0.6 is 7.60 Å². The second kappa shape index (κ2) is 10.3. The van der Waals surface area contributed by atoms with Gasteiger partial charge in [0, 0.05) is 43.8 Å². The Balaban J connectivity index is 2.23. The summed E-state index contributed by atoms with van der Waals surface area (Å²) in [4.78, 5) is 23.3. The van der Waals surface area contributed by atoms with E-state index in [0.717, 1.165) is 27.7 Å². The molecule has 2 aromatic carbocycles. The molecule has 0 saturated heterocycles. The molecule has 32 heavy (non-hydrogen) atoms. The van der Waals surface area contributed by atoms with Crippen molar-refractivity contribution < 1.29 is 23.2 Å². The molecule has 0 fully saturated rings. The summed E-state index contributed by atoms with van der Waals surface area (Å²) in [5.74, 6) is -0.423. The topological polar surface area (TPSA) is 101 Å². The Kier molecular flexibility index (Phi) is 7.67. The highest BCUT2D eigenvalue weighted by Gasteiger charge is 2.35. The molecule has 170 valence electrons. The summed E-state index contributed by atoms with van der Waals surface area (Å²) in [7, 11) is -0.926. The fraction of sp³-hybridized carbons (Fsp3) is 0.333. The van der Waals surface area contributed by atoms with E-state index in [2.05, 4.69) is 16.7 Å². The van der Waals surface area contributed by atoms with Gasteiger partial charge in [0.05, 0.1) is 12.1 Å². The standard InChI is InChI=1S/C24H29N2O5P/c1-4-21-20(15-24(25)28)19-14-18(23(12-13-27)32(29,30-2)31-3)10-11-22(19)26(21)16-17-8-6-5-7-9-17/h5-11,13-14,23H,4,12,15-16H2,1-3H3,(H2,25,28). The smallest absolute Gasteiger partial charge is 0.337 e. The largest absolute Gasteiger partial charge is 0.369 e. The van der Waals surface area contributed by atoms with Gasteiger partial charge in [0.1, 0.15) is 6.29 Å². The number of nitrogens with two attached hydrogens (primary N) is 1. The van der Waals surface area contributed by atoms with E-state index in [1.807, 2.05) is 43.3 Å². The first-order valence-corrected chi connectivity index (χ1v) is 12.1. The number of carbonyl (C=O) groups excluding carboxylic acids is 2. The normalized spacial score (nSPS) is 12.7. The number of rotatable bonds is 11. The highest BCUT2D eigenvalue weighted by atomic mass is 31.2. The lowest BCUT2D eigenvalue weighted by Gasteiger charge is -2.23. The zero-order valence-corrected chi connectivity index (χ0v) is 19.5. The van der Waals surface area contributed by atoms with Crippen molar-refractivity contribution in [1.29, 1.82) is 0 Å². The van der Waals surface area contributed by atoms with Crippen molar-refractivity contribution in [3.8, 4) is 0 Å². The van der Waals surface area contributed by atoms with Crippen molar-refractivity contribution in [2.45, 2.75) is 38.4 Å². The van der Waals surface area contributed by atoms with E-state index in [0.29, 0.717) is 24.8 Å². The molecule has 3 rings (SSSR count). The third-order valence-electron chi connectivity index (χ3n) is 5.78. The number of aldehydes is 1. The van der Waals surface area contributed by atoms with Crippen LogP contribution in [0.25, 0.3) is 10.9 Å². The van der Waals surface area contributed by atoms with Gasteiger partial charge in [-0.05, 0) is 35.2 Å². The number of benzene rings is 2. The van der Waals surface area contributed by atoms with E-state index in [1.165, 1.54) is 14.2 Å². The second-order valence-electron chi connectivity index (χ2n) is 7.59. The van der Waals surface area contributed by atoms with Crippen LogP contribution in [0.5, 0.6) is 0 Å². The second-order valence-corrected chi connectivity index (χ2v) is 10.0.